The summed E-state index contributed by atoms with van der Waals surface area (Å²) in [5.41, 5.74) is 2.73. The molecule has 3 rings (SSSR count). The van der Waals surface area contributed by atoms with E-state index in [0.29, 0.717) is 0 Å². The molecule has 0 saturated heterocycles. The minimum Gasteiger partial charge on any atom is -0.233 e. The van der Waals surface area contributed by atoms with Crippen molar-refractivity contribution in [3.8, 4) is 0 Å². The van der Waals surface area contributed by atoms with Gasteiger partial charge in [0, 0.05) is 30.4 Å². The normalized spacial score (nSPS) is 20.3. The van der Waals surface area contributed by atoms with Crippen molar-refractivity contribution in [1.29, 1.82) is 0 Å². The summed E-state index contributed by atoms with van der Waals surface area (Å²) < 4.78 is 2.47. The van der Waals surface area contributed by atoms with E-state index < -0.39 is 0 Å². The van der Waals surface area contributed by atoms with E-state index in [0.717, 1.165) is 17.5 Å². The summed E-state index contributed by atoms with van der Waals surface area (Å²) >= 11 is 5.89. The number of benzene rings is 1. The molecule has 0 amide bonds. The van der Waals surface area contributed by atoms with Crippen molar-refractivity contribution in [2.75, 3.05) is 6.54 Å². The standard InChI is InChI=1S/C14H15ClN/c15-13-3-1-11(2-4-13)12-7-9-16(10-8-12)14-5-6-14/h1-4,7,9,14H,5-6,8,10H2/q+1. The molecule has 1 aromatic carbocycles. The Labute approximate surface area is 101 Å². The Morgan fingerprint density at radius 1 is 1.12 bits per heavy atom. The van der Waals surface area contributed by atoms with E-state index in [-0.39, 0.29) is 0 Å². The average Bonchev–Trinajstić information content (AvgIpc) is 3.14. The topological polar surface area (TPSA) is 3.01 Å². The number of nitrogens with zero attached hydrogens (tertiary/aromatic N) is 1. The number of hydrogen-bond acceptors (Lipinski definition) is 0. The Bertz CT molecular complexity index is 452. The fourth-order valence-corrected chi connectivity index (χ4v) is 2.33. The Balaban J connectivity index is 1.83. The van der Waals surface area contributed by atoms with Crippen LogP contribution in [0, 0.1) is 0 Å². The van der Waals surface area contributed by atoms with Crippen LogP contribution in [0.3, 0.4) is 0 Å². The zero-order valence-corrected chi connectivity index (χ0v) is 9.95. The van der Waals surface area contributed by atoms with E-state index in [2.05, 4.69) is 29.0 Å². The van der Waals surface area contributed by atoms with Crippen LogP contribution >= 0.6 is 11.6 Å². The molecule has 0 aromatic heterocycles. The highest BCUT2D eigenvalue weighted by Crippen LogP contribution is 2.27. The lowest BCUT2D eigenvalue weighted by molar-refractivity contribution is -0.536. The number of rotatable bonds is 2. The predicted octanol–water partition coefficient (Wildman–Crippen LogP) is 3.37. The van der Waals surface area contributed by atoms with E-state index >= 15 is 0 Å². The van der Waals surface area contributed by atoms with E-state index in [1.807, 2.05) is 12.1 Å². The number of hydrogen-bond donors (Lipinski definition) is 0. The molecule has 1 fully saturated rings. The Hall–Kier alpha value is -1.08. The van der Waals surface area contributed by atoms with Gasteiger partial charge in [0.15, 0.2) is 12.3 Å². The maximum Gasteiger partial charge on any atom is 0.163 e. The summed E-state index contributed by atoms with van der Waals surface area (Å²) in [4.78, 5) is 0. The van der Waals surface area contributed by atoms with Gasteiger partial charge in [-0.05, 0) is 23.3 Å². The van der Waals surface area contributed by atoms with Crippen molar-refractivity contribution in [3.63, 3.8) is 0 Å². The van der Waals surface area contributed by atoms with Crippen LogP contribution in [-0.4, -0.2) is 23.4 Å². The van der Waals surface area contributed by atoms with Crippen molar-refractivity contribution < 1.29 is 4.58 Å². The molecule has 0 spiro atoms. The lowest BCUT2D eigenvalue weighted by Gasteiger charge is -2.11. The van der Waals surface area contributed by atoms with Crippen LogP contribution in [0.25, 0.3) is 5.57 Å². The minimum atomic E-state index is 0.809. The lowest BCUT2D eigenvalue weighted by Crippen LogP contribution is -2.20. The largest absolute Gasteiger partial charge is 0.233 e. The molecule has 1 nitrogen and oxygen atoms in total. The van der Waals surface area contributed by atoms with E-state index in [4.69, 9.17) is 11.6 Å². The molecule has 0 radical (unpaired) electrons. The Morgan fingerprint density at radius 3 is 2.44 bits per heavy atom. The first-order chi connectivity index (χ1) is 7.83. The SMILES string of the molecule is Clc1ccc(C2=CC=[N+](C3CC3)CC2)cc1. The fourth-order valence-electron chi connectivity index (χ4n) is 2.21. The molecule has 1 saturated carbocycles. The zero-order valence-electron chi connectivity index (χ0n) is 9.20. The van der Waals surface area contributed by atoms with Crippen LogP contribution < -0.4 is 0 Å². The smallest absolute Gasteiger partial charge is 0.163 e. The summed E-state index contributed by atoms with van der Waals surface area (Å²) in [5, 5.41) is 0.809. The van der Waals surface area contributed by atoms with E-state index in [1.54, 1.807) is 0 Å². The molecule has 1 aliphatic heterocycles. The fraction of sp³-hybridized carbons (Fsp3) is 0.357. The number of halogens is 1. The van der Waals surface area contributed by atoms with E-state index in [9.17, 15) is 0 Å². The van der Waals surface area contributed by atoms with Gasteiger partial charge in [-0.3, -0.25) is 0 Å². The summed E-state index contributed by atoms with van der Waals surface area (Å²) in [7, 11) is 0. The van der Waals surface area contributed by atoms with Gasteiger partial charge in [-0.2, -0.15) is 0 Å². The van der Waals surface area contributed by atoms with Gasteiger partial charge in [-0.1, -0.05) is 23.7 Å². The van der Waals surface area contributed by atoms with Gasteiger partial charge in [0.25, 0.3) is 0 Å². The first kappa shape index (κ1) is 10.1. The second kappa shape index (κ2) is 4.06. The summed E-state index contributed by atoms with van der Waals surface area (Å²) in [6.45, 7) is 1.17. The Morgan fingerprint density at radius 2 is 1.88 bits per heavy atom. The van der Waals surface area contributed by atoms with Crippen molar-refractivity contribution in [2.45, 2.75) is 25.3 Å². The molecule has 2 aliphatic rings. The highest BCUT2D eigenvalue weighted by molar-refractivity contribution is 6.30. The summed E-state index contributed by atoms with van der Waals surface area (Å²) in [6, 6.07) is 8.97. The van der Waals surface area contributed by atoms with Gasteiger partial charge in [0.2, 0.25) is 0 Å². The molecule has 0 atom stereocenters. The molecule has 16 heavy (non-hydrogen) atoms. The monoisotopic (exact) mass is 232 g/mol. The minimum absolute atomic E-state index is 0.809. The summed E-state index contributed by atoms with van der Waals surface area (Å²) in [6.07, 6.45) is 8.41. The van der Waals surface area contributed by atoms with Gasteiger partial charge in [0.05, 0.1) is 0 Å². The van der Waals surface area contributed by atoms with Crippen molar-refractivity contribution in [2.24, 2.45) is 0 Å². The lowest BCUT2D eigenvalue weighted by atomic mass is 10.0. The predicted molar refractivity (Wildman–Crippen MR) is 68.3 cm³/mol. The van der Waals surface area contributed by atoms with Gasteiger partial charge in [-0.15, -0.1) is 0 Å². The van der Waals surface area contributed by atoms with Crippen LogP contribution in [0.5, 0.6) is 0 Å². The third-order valence-electron chi connectivity index (χ3n) is 3.34. The second-order valence-electron chi connectivity index (χ2n) is 4.57. The molecule has 82 valence electrons. The highest BCUT2D eigenvalue weighted by atomic mass is 35.5. The molecule has 1 heterocycles. The first-order valence-corrected chi connectivity index (χ1v) is 6.26. The van der Waals surface area contributed by atoms with Crippen molar-refractivity contribution in [1.82, 2.24) is 0 Å². The molecule has 0 bridgehead atoms. The third kappa shape index (κ3) is 2.05. The second-order valence-corrected chi connectivity index (χ2v) is 5.00. The highest BCUT2D eigenvalue weighted by Gasteiger charge is 2.33. The molecule has 1 aliphatic carbocycles. The van der Waals surface area contributed by atoms with Crippen LogP contribution in [-0.2, 0) is 0 Å². The van der Waals surface area contributed by atoms with Crippen LogP contribution in [0.1, 0.15) is 24.8 Å². The molecule has 2 heteroatoms. The van der Waals surface area contributed by atoms with Gasteiger partial charge in [-0.25, -0.2) is 4.58 Å². The van der Waals surface area contributed by atoms with Crippen molar-refractivity contribution >= 4 is 23.4 Å². The van der Waals surface area contributed by atoms with Gasteiger partial charge < -0.3 is 0 Å². The average molecular weight is 233 g/mol. The molecule has 0 unspecified atom stereocenters. The molecule has 1 aromatic rings. The van der Waals surface area contributed by atoms with Crippen LogP contribution in [0.4, 0.5) is 0 Å². The third-order valence-corrected chi connectivity index (χ3v) is 3.59. The van der Waals surface area contributed by atoms with Gasteiger partial charge >= 0.3 is 0 Å². The number of allylic oxidation sites excluding steroid dienone is 1. The zero-order chi connectivity index (χ0) is 11.0. The van der Waals surface area contributed by atoms with E-state index in [1.165, 1.54) is 30.5 Å². The maximum absolute atomic E-state index is 5.89. The molecular weight excluding hydrogens is 218 g/mol. The van der Waals surface area contributed by atoms with Gasteiger partial charge in [0.1, 0.15) is 6.54 Å². The molecule has 0 N–H and O–H groups in total. The molecular formula is C14H15ClN+. The van der Waals surface area contributed by atoms with Crippen molar-refractivity contribution in [3.05, 3.63) is 40.9 Å². The summed E-state index contributed by atoms with van der Waals surface area (Å²) in [5.74, 6) is 0. The van der Waals surface area contributed by atoms with Crippen LogP contribution in [0.15, 0.2) is 30.3 Å². The van der Waals surface area contributed by atoms with Crippen LogP contribution in [0.2, 0.25) is 5.02 Å². The first-order valence-electron chi connectivity index (χ1n) is 5.89. The maximum atomic E-state index is 5.89. The quantitative estimate of drug-likeness (QED) is 0.688. The Kier molecular flexibility index (Phi) is 2.56.